The number of hydrogen-bond acceptors (Lipinski definition) is 5. The van der Waals surface area contributed by atoms with Gasteiger partial charge in [0.1, 0.15) is 0 Å². The average molecular weight is 449 g/mol. The Hall–Kier alpha value is -3.03. The van der Waals surface area contributed by atoms with Crippen molar-refractivity contribution in [2.24, 2.45) is 0 Å². The number of aromatic nitrogens is 1. The summed E-state index contributed by atoms with van der Waals surface area (Å²) < 4.78 is 5.42. The Bertz CT molecular complexity index is 940. The molecule has 0 spiro atoms. The summed E-state index contributed by atoms with van der Waals surface area (Å²) in [4.78, 5) is 35.2. The minimum Gasteiger partial charge on any atom is -0.379 e. The van der Waals surface area contributed by atoms with Crippen LogP contribution in [0.2, 0.25) is 0 Å². The zero-order chi connectivity index (χ0) is 22.9. The highest BCUT2D eigenvalue weighted by Gasteiger charge is 2.21. The first-order valence-corrected chi connectivity index (χ1v) is 11.8. The summed E-state index contributed by atoms with van der Waals surface area (Å²) in [5.41, 5.74) is 2.93. The van der Waals surface area contributed by atoms with Crippen LogP contribution >= 0.6 is 0 Å². The van der Waals surface area contributed by atoms with Gasteiger partial charge in [0, 0.05) is 69.8 Å². The molecular weight excluding hydrogens is 416 g/mol. The van der Waals surface area contributed by atoms with E-state index in [1.807, 2.05) is 52.3 Å². The van der Waals surface area contributed by atoms with Crippen LogP contribution in [0.25, 0.3) is 6.08 Å². The van der Waals surface area contributed by atoms with Gasteiger partial charge in [-0.1, -0.05) is 12.1 Å². The van der Waals surface area contributed by atoms with Crippen molar-refractivity contribution in [3.8, 4) is 0 Å². The minimum absolute atomic E-state index is 0.00686. The molecule has 0 N–H and O–H groups in total. The number of amides is 2. The van der Waals surface area contributed by atoms with Gasteiger partial charge in [0.25, 0.3) is 0 Å². The van der Waals surface area contributed by atoms with E-state index in [9.17, 15) is 9.59 Å². The van der Waals surface area contributed by atoms with Crippen molar-refractivity contribution in [1.82, 2.24) is 14.8 Å². The third-order valence-corrected chi connectivity index (χ3v) is 6.14. The van der Waals surface area contributed by atoms with Gasteiger partial charge in [0.05, 0.1) is 13.2 Å². The first-order valence-electron chi connectivity index (χ1n) is 11.8. The maximum atomic E-state index is 13.1. The highest BCUT2D eigenvalue weighted by atomic mass is 16.5. The standard InChI is InChI=1S/C26H32N4O3/c31-25(9-6-22-4-7-24(8-5-22)30-16-1-3-26(30)32)29(21-23-10-12-27-13-11-23)15-2-14-28-17-19-33-20-18-28/h4-13H,1-3,14-21H2/b9-6-. The maximum Gasteiger partial charge on any atom is 0.246 e. The van der Waals surface area contributed by atoms with E-state index in [0.29, 0.717) is 19.5 Å². The van der Waals surface area contributed by atoms with Gasteiger partial charge < -0.3 is 14.5 Å². The van der Waals surface area contributed by atoms with E-state index in [-0.39, 0.29) is 11.8 Å². The molecule has 2 fully saturated rings. The Kier molecular flexibility index (Phi) is 8.22. The molecule has 0 aliphatic carbocycles. The SMILES string of the molecule is O=C(/C=C\c1ccc(N2CCCC2=O)cc1)N(CCCN1CCOCC1)Cc1ccncc1. The second-order valence-corrected chi connectivity index (χ2v) is 8.50. The Morgan fingerprint density at radius 3 is 2.52 bits per heavy atom. The van der Waals surface area contributed by atoms with Gasteiger partial charge in [-0.3, -0.25) is 19.5 Å². The van der Waals surface area contributed by atoms with Crippen LogP contribution in [0.15, 0.2) is 54.9 Å². The molecule has 2 saturated heterocycles. The molecule has 33 heavy (non-hydrogen) atoms. The highest BCUT2D eigenvalue weighted by molar-refractivity contribution is 5.95. The fourth-order valence-electron chi connectivity index (χ4n) is 4.25. The minimum atomic E-state index is -0.00686. The summed E-state index contributed by atoms with van der Waals surface area (Å²) in [5.74, 6) is 0.171. The summed E-state index contributed by atoms with van der Waals surface area (Å²) in [5, 5.41) is 0. The quantitative estimate of drug-likeness (QED) is 0.552. The molecular formula is C26H32N4O3. The van der Waals surface area contributed by atoms with Gasteiger partial charge in [0.15, 0.2) is 0 Å². The van der Waals surface area contributed by atoms with Crippen molar-refractivity contribution in [2.75, 3.05) is 50.8 Å². The van der Waals surface area contributed by atoms with Crippen LogP contribution in [0, 0.1) is 0 Å². The van der Waals surface area contributed by atoms with Gasteiger partial charge in [0.2, 0.25) is 11.8 Å². The van der Waals surface area contributed by atoms with Crippen molar-refractivity contribution in [3.63, 3.8) is 0 Å². The molecule has 2 aliphatic heterocycles. The van der Waals surface area contributed by atoms with E-state index in [1.165, 1.54) is 0 Å². The van der Waals surface area contributed by atoms with Crippen LogP contribution in [0.3, 0.4) is 0 Å². The van der Waals surface area contributed by atoms with Gasteiger partial charge >= 0.3 is 0 Å². The van der Waals surface area contributed by atoms with Crippen molar-refractivity contribution in [1.29, 1.82) is 0 Å². The Morgan fingerprint density at radius 2 is 1.82 bits per heavy atom. The molecule has 0 radical (unpaired) electrons. The molecule has 0 saturated carbocycles. The molecule has 2 aliphatic rings. The average Bonchev–Trinajstić information content (AvgIpc) is 3.29. The van der Waals surface area contributed by atoms with Crippen LogP contribution < -0.4 is 4.90 Å². The molecule has 1 aromatic heterocycles. The Labute approximate surface area is 195 Å². The molecule has 7 heteroatoms. The van der Waals surface area contributed by atoms with Gasteiger partial charge in [-0.2, -0.15) is 0 Å². The number of rotatable bonds is 9. The summed E-state index contributed by atoms with van der Waals surface area (Å²) in [6, 6.07) is 11.7. The second kappa shape index (κ2) is 11.7. The highest BCUT2D eigenvalue weighted by Crippen LogP contribution is 2.22. The largest absolute Gasteiger partial charge is 0.379 e. The number of nitrogens with zero attached hydrogens (tertiary/aromatic N) is 4. The predicted molar refractivity (Wildman–Crippen MR) is 129 cm³/mol. The lowest BCUT2D eigenvalue weighted by atomic mass is 10.1. The first kappa shape index (κ1) is 23.1. The fourth-order valence-corrected chi connectivity index (χ4v) is 4.25. The van der Waals surface area contributed by atoms with E-state index in [2.05, 4.69) is 9.88 Å². The van der Waals surface area contributed by atoms with Crippen LogP contribution in [0.4, 0.5) is 5.69 Å². The second-order valence-electron chi connectivity index (χ2n) is 8.50. The molecule has 174 valence electrons. The number of morpholine rings is 1. The monoisotopic (exact) mass is 448 g/mol. The van der Waals surface area contributed by atoms with Gasteiger partial charge in [-0.05, 0) is 54.3 Å². The van der Waals surface area contributed by atoms with E-state index in [0.717, 1.165) is 69.0 Å². The summed E-state index contributed by atoms with van der Waals surface area (Å²) in [6.07, 6.45) is 9.46. The normalized spacial score (nSPS) is 17.1. The molecule has 0 unspecified atom stereocenters. The van der Waals surface area contributed by atoms with Crippen LogP contribution in [0.5, 0.6) is 0 Å². The number of benzene rings is 1. The van der Waals surface area contributed by atoms with Gasteiger partial charge in [-0.25, -0.2) is 0 Å². The molecule has 4 rings (SSSR count). The number of ether oxygens (including phenoxy) is 1. The topological polar surface area (TPSA) is 66.0 Å². The van der Waals surface area contributed by atoms with Gasteiger partial charge in [-0.15, -0.1) is 0 Å². The Balaban J connectivity index is 1.36. The smallest absolute Gasteiger partial charge is 0.246 e. The van der Waals surface area contributed by atoms with E-state index in [1.54, 1.807) is 18.5 Å². The summed E-state index contributed by atoms with van der Waals surface area (Å²) >= 11 is 0. The summed E-state index contributed by atoms with van der Waals surface area (Å²) in [6.45, 7) is 6.48. The lowest BCUT2D eigenvalue weighted by Crippen LogP contribution is -2.38. The molecule has 7 nitrogen and oxygen atoms in total. The third kappa shape index (κ3) is 6.73. The zero-order valence-corrected chi connectivity index (χ0v) is 19.1. The van der Waals surface area contributed by atoms with E-state index >= 15 is 0 Å². The molecule has 2 aromatic rings. The van der Waals surface area contributed by atoms with E-state index in [4.69, 9.17) is 4.74 Å². The van der Waals surface area contributed by atoms with Crippen molar-refractivity contribution in [2.45, 2.75) is 25.8 Å². The van der Waals surface area contributed by atoms with Crippen molar-refractivity contribution in [3.05, 3.63) is 66.0 Å². The van der Waals surface area contributed by atoms with E-state index < -0.39 is 0 Å². The summed E-state index contributed by atoms with van der Waals surface area (Å²) in [7, 11) is 0. The maximum absolute atomic E-state index is 13.1. The Morgan fingerprint density at radius 1 is 1.06 bits per heavy atom. The van der Waals surface area contributed by atoms with Crippen molar-refractivity contribution >= 4 is 23.6 Å². The number of anilines is 1. The van der Waals surface area contributed by atoms with Crippen LogP contribution in [-0.4, -0.2) is 72.5 Å². The molecule has 2 amide bonds. The number of carbonyl (C=O) groups excluding carboxylic acids is 2. The lowest BCUT2D eigenvalue weighted by molar-refractivity contribution is -0.126. The lowest BCUT2D eigenvalue weighted by Gasteiger charge is -2.28. The first-order chi connectivity index (χ1) is 16.2. The number of pyridine rings is 1. The number of hydrogen-bond donors (Lipinski definition) is 0. The zero-order valence-electron chi connectivity index (χ0n) is 19.1. The molecule has 1 aromatic carbocycles. The van der Waals surface area contributed by atoms with Crippen molar-refractivity contribution < 1.29 is 14.3 Å². The predicted octanol–water partition coefficient (Wildman–Crippen LogP) is 2.97. The third-order valence-electron chi connectivity index (χ3n) is 6.14. The van der Waals surface area contributed by atoms with Crippen LogP contribution in [-0.2, 0) is 20.9 Å². The molecule has 0 atom stereocenters. The number of carbonyl (C=O) groups is 2. The fraction of sp³-hybridized carbons (Fsp3) is 0.423. The van der Waals surface area contributed by atoms with Crippen LogP contribution in [0.1, 0.15) is 30.4 Å². The molecule has 3 heterocycles. The molecule has 0 bridgehead atoms.